The van der Waals surface area contributed by atoms with Gasteiger partial charge in [0.05, 0.1) is 18.6 Å². The van der Waals surface area contributed by atoms with Crippen molar-refractivity contribution in [1.82, 2.24) is 10.2 Å². The van der Waals surface area contributed by atoms with E-state index in [1.165, 1.54) is 0 Å². The van der Waals surface area contributed by atoms with E-state index in [-0.39, 0.29) is 30.5 Å². The number of carbonyl (C=O) groups is 2. The van der Waals surface area contributed by atoms with E-state index in [0.29, 0.717) is 13.2 Å². The van der Waals surface area contributed by atoms with Crippen LogP contribution in [0.3, 0.4) is 0 Å². The van der Waals surface area contributed by atoms with Crippen molar-refractivity contribution < 1.29 is 19.4 Å². The summed E-state index contributed by atoms with van der Waals surface area (Å²) in [5, 5.41) is 12.0. The predicted octanol–water partition coefficient (Wildman–Crippen LogP) is 1.02. The van der Waals surface area contributed by atoms with Crippen molar-refractivity contribution in [2.24, 2.45) is 17.8 Å². The minimum Gasteiger partial charge on any atom is -0.481 e. The molecule has 6 heteroatoms. The maximum Gasteiger partial charge on any atom is 0.317 e. The molecule has 0 spiro atoms. The Balaban J connectivity index is 2.57. The maximum absolute atomic E-state index is 12.1. The summed E-state index contributed by atoms with van der Waals surface area (Å²) in [6.07, 6.45) is 0. The number of carbonyl (C=O) groups excluding carboxylic acids is 1. The Morgan fingerprint density at radius 2 is 2.05 bits per heavy atom. The standard InChI is InChI=1S/C13H24N2O4/c1-8(2)11(7-19-4)14-13(18)15-5-9(3)10(6-15)12(16)17/h8-11H,5-7H2,1-4H3,(H,14,18)(H,16,17). The van der Waals surface area contributed by atoms with E-state index in [4.69, 9.17) is 9.84 Å². The van der Waals surface area contributed by atoms with Crippen LogP contribution in [0.4, 0.5) is 4.79 Å². The van der Waals surface area contributed by atoms with Gasteiger partial charge in [0.15, 0.2) is 0 Å². The zero-order chi connectivity index (χ0) is 14.6. The van der Waals surface area contributed by atoms with Gasteiger partial charge in [0.25, 0.3) is 0 Å². The molecule has 0 radical (unpaired) electrons. The van der Waals surface area contributed by atoms with Gasteiger partial charge in [-0.05, 0) is 11.8 Å². The number of aliphatic carboxylic acids is 1. The number of hydrogen-bond acceptors (Lipinski definition) is 3. The van der Waals surface area contributed by atoms with Gasteiger partial charge >= 0.3 is 12.0 Å². The average Bonchev–Trinajstić information content (AvgIpc) is 2.70. The molecule has 6 nitrogen and oxygen atoms in total. The molecule has 1 aliphatic heterocycles. The fourth-order valence-electron chi connectivity index (χ4n) is 2.28. The third kappa shape index (κ3) is 4.09. The van der Waals surface area contributed by atoms with Crippen LogP contribution < -0.4 is 5.32 Å². The number of methoxy groups -OCH3 is 1. The van der Waals surface area contributed by atoms with Crippen LogP contribution in [0.25, 0.3) is 0 Å². The molecule has 0 aromatic carbocycles. The Morgan fingerprint density at radius 3 is 2.47 bits per heavy atom. The molecule has 1 fully saturated rings. The third-order valence-corrected chi connectivity index (χ3v) is 3.68. The molecule has 110 valence electrons. The molecule has 2 amide bonds. The second kappa shape index (κ2) is 6.75. The van der Waals surface area contributed by atoms with E-state index < -0.39 is 11.9 Å². The average molecular weight is 272 g/mol. The molecular weight excluding hydrogens is 248 g/mol. The fourth-order valence-corrected chi connectivity index (χ4v) is 2.28. The number of likely N-dealkylation sites (tertiary alicyclic amines) is 1. The van der Waals surface area contributed by atoms with Gasteiger partial charge in [-0.15, -0.1) is 0 Å². The summed E-state index contributed by atoms with van der Waals surface area (Å²) >= 11 is 0. The van der Waals surface area contributed by atoms with Crippen LogP contribution in [-0.4, -0.2) is 54.9 Å². The van der Waals surface area contributed by atoms with Gasteiger partial charge < -0.3 is 20.1 Å². The highest BCUT2D eigenvalue weighted by atomic mass is 16.5. The minimum atomic E-state index is -0.833. The first-order chi connectivity index (χ1) is 8.86. The van der Waals surface area contributed by atoms with E-state index >= 15 is 0 Å². The van der Waals surface area contributed by atoms with Gasteiger partial charge in [0.1, 0.15) is 0 Å². The van der Waals surface area contributed by atoms with Crippen LogP contribution in [0.15, 0.2) is 0 Å². The topological polar surface area (TPSA) is 78.9 Å². The van der Waals surface area contributed by atoms with E-state index in [1.807, 2.05) is 20.8 Å². The number of nitrogens with one attached hydrogen (secondary N) is 1. The van der Waals surface area contributed by atoms with Crippen molar-refractivity contribution in [3.05, 3.63) is 0 Å². The lowest BCUT2D eigenvalue weighted by Gasteiger charge is -2.25. The lowest BCUT2D eigenvalue weighted by atomic mass is 9.99. The Labute approximate surface area is 114 Å². The van der Waals surface area contributed by atoms with E-state index in [0.717, 1.165) is 0 Å². The van der Waals surface area contributed by atoms with Crippen molar-refractivity contribution in [2.75, 3.05) is 26.8 Å². The van der Waals surface area contributed by atoms with Crippen LogP contribution in [0.2, 0.25) is 0 Å². The van der Waals surface area contributed by atoms with Crippen molar-refractivity contribution in [2.45, 2.75) is 26.8 Å². The highest BCUT2D eigenvalue weighted by Crippen LogP contribution is 2.23. The normalized spacial score (nSPS) is 24.6. The second-order valence-corrected chi connectivity index (χ2v) is 5.58. The summed E-state index contributed by atoms with van der Waals surface area (Å²) in [4.78, 5) is 24.7. The molecule has 1 heterocycles. The number of rotatable bonds is 5. The number of hydrogen-bond donors (Lipinski definition) is 2. The third-order valence-electron chi connectivity index (χ3n) is 3.68. The number of urea groups is 1. The van der Waals surface area contributed by atoms with Crippen LogP contribution in [0.1, 0.15) is 20.8 Å². The predicted molar refractivity (Wildman–Crippen MR) is 70.9 cm³/mol. The number of nitrogens with zero attached hydrogens (tertiary/aromatic N) is 1. The number of carboxylic acid groups (broad SMARTS) is 1. The Hall–Kier alpha value is -1.30. The van der Waals surface area contributed by atoms with Crippen LogP contribution >= 0.6 is 0 Å². The van der Waals surface area contributed by atoms with Gasteiger partial charge in [-0.25, -0.2) is 4.79 Å². The first-order valence-corrected chi connectivity index (χ1v) is 6.64. The molecule has 0 saturated carbocycles. The summed E-state index contributed by atoms with van der Waals surface area (Å²) in [6.45, 7) is 7.10. The molecule has 3 unspecified atom stereocenters. The Kier molecular flexibility index (Phi) is 5.60. The molecule has 1 aliphatic rings. The summed E-state index contributed by atoms with van der Waals surface area (Å²) in [5.74, 6) is -1.05. The SMILES string of the molecule is COCC(NC(=O)N1CC(C)C(C(=O)O)C1)C(C)C. The highest BCUT2D eigenvalue weighted by Gasteiger charge is 2.37. The number of carboxylic acids is 1. The van der Waals surface area contributed by atoms with Crippen LogP contribution in [-0.2, 0) is 9.53 Å². The maximum atomic E-state index is 12.1. The molecule has 1 saturated heterocycles. The molecular formula is C13H24N2O4. The summed E-state index contributed by atoms with van der Waals surface area (Å²) < 4.78 is 5.08. The Bertz CT molecular complexity index is 333. The van der Waals surface area contributed by atoms with E-state index in [1.54, 1.807) is 12.0 Å². The first kappa shape index (κ1) is 15.8. The van der Waals surface area contributed by atoms with Crippen LogP contribution in [0, 0.1) is 17.8 Å². The van der Waals surface area contributed by atoms with Crippen molar-refractivity contribution in [3.63, 3.8) is 0 Å². The first-order valence-electron chi connectivity index (χ1n) is 6.64. The van der Waals surface area contributed by atoms with E-state index in [2.05, 4.69) is 5.32 Å². The zero-order valence-electron chi connectivity index (χ0n) is 12.0. The molecule has 19 heavy (non-hydrogen) atoms. The fraction of sp³-hybridized carbons (Fsp3) is 0.846. The second-order valence-electron chi connectivity index (χ2n) is 5.58. The molecule has 0 aromatic heterocycles. The molecule has 3 atom stereocenters. The van der Waals surface area contributed by atoms with Gasteiger partial charge in [-0.3, -0.25) is 4.79 Å². The van der Waals surface area contributed by atoms with Gasteiger partial charge in [0.2, 0.25) is 0 Å². The smallest absolute Gasteiger partial charge is 0.317 e. The summed E-state index contributed by atoms with van der Waals surface area (Å²) in [6, 6.07) is -0.261. The van der Waals surface area contributed by atoms with Gasteiger partial charge in [0, 0.05) is 20.2 Å². The molecule has 0 aromatic rings. The monoisotopic (exact) mass is 272 g/mol. The zero-order valence-corrected chi connectivity index (χ0v) is 12.0. The number of amides is 2. The molecule has 2 N–H and O–H groups in total. The van der Waals surface area contributed by atoms with E-state index in [9.17, 15) is 9.59 Å². The van der Waals surface area contributed by atoms with Crippen molar-refractivity contribution in [3.8, 4) is 0 Å². The summed E-state index contributed by atoms with van der Waals surface area (Å²) in [7, 11) is 1.60. The molecule has 0 aliphatic carbocycles. The van der Waals surface area contributed by atoms with Gasteiger partial charge in [-0.1, -0.05) is 20.8 Å². The quantitative estimate of drug-likeness (QED) is 0.783. The Morgan fingerprint density at radius 1 is 1.42 bits per heavy atom. The minimum absolute atomic E-state index is 0.0109. The van der Waals surface area contributed by atoms with Crippen LogP contribution in [0.5, 0.6) is 0 Å². The lowest BCUT2D eigenvalue weighted by Crippen LogP contribution is -2.48. The van der Waals surface area contributed by atoms with Gasteiger partial charge in [-0.2, -0.15) is 0 Å². The molecule has 0 bridgehead atoms. The largest absolute Gasteiger partial charge is 0.481 e. The highest BCUT2D eigenvalue weighted by molar-refractivity contribution is 5.77. The lowest BCUT2D eigenvalue weighted by molar-refractivity contribution is -0.142. The summed E-state index contributed by atoms with van der Waals surface area (Å²) in [5.41, 5.74) is 0. The number of ether oxygens (including phenoxy) is 1. The van der Waals surface area contributed by atoms with Crippen molar-refractivity contribution >= 4 is 12.0 Å². The van der Waals surface area contributed by atoms with Crippen molar-refractivity contribution in [1.29, 1.82) is 0 Å². The molecule has 1 rings (SSSR count).